The van der Waals surface area contributed by atoms with E-state index in [9.17, 15) is 9.90 Å². The van der Waals surface area contributed by atoms with Crippen LogP contribution in [-0.4, -0.2) is 11.1 Å². The molecule has 1 fully saturated rings. The highest BCUT2D eigenvalue weighted by atomic mass is 35.5. The molecule has 3 N–H and O–H groups in total. The number of rotatable bonds is 3. The molecule has 1 saturated carbocycles. The van der Waals surface area contributed by atoms with Gasteiger partial charge in [-0.05, 0) is 36.5 Å². The van der Waals surface area contributed by atoms with Gasteiger partial charge in [-0.3, -0.25) is 4.79 Å². The zero-order chi connectivity index (χ0) is 13.8. The molecule has 1 atom stereocenters. The van der Waals surface area contributed by atoms with Gasteiger partial charge in [-0.1, -0.05) is 25.3 Å². The van der Waals surface area contributed by atoms with Gasteiger partial charge >= 0.3 is 5.97 Å². The lowest BCUT2D eigenvalue weighted by Crippen LogP contribution is -2.23. The maximum absolute atomic E-state index is 10.9. The highest BCUT2D eigenvalue weighted by molar-refractivity contribution is 5.85. The monoisotopic (exact) mass is 299 g/mol. The van der Waals surface area contributed by atoms with E-state index in [2.05, 4.69) is 0 Å². The van der Waals surface area contributed by atoms with Crippen LogP contribution >= 0.6 is 12.4 Å². The molecule has 5 heteroatoms. The number of carbonyl (C=O) groups is 1. The van der Waals surface area contributed by atoms with Crippen LogP contribution in [-0.2, 0) is 4.79 Å². The third-order valence-corrected chi connectivity index (χ3v) is 3.78. The van der Waals surface area contributed by atoms with E-state index in [0.29, 0.717) is 5.92 Å². The van der Waals surface area contributed by atoms with E-state index in [4.69, 9.17) is 10.5 Å². The number of benzene rings is 1. The van der Waals surface area contributed by atoms with Gasteiger partial charge in [-0.15, -0.1) is 12.4 Å². The fraction of sp³-hybridized carbons (Fsp3) is 0.533. The van der Waals surface area contributed by atoms with E-state index in [-0.39, 0.29) is 29.9 Å². The largest absolute Gasteiger partial charge is 0.504 e. The molecule has 0 heterocycles. The van der Waals surface area contributed by atoms with Crippen LogP contribution in [0.3, 0.4) is 0 Å². The summed E-state index contributed by atoms with van der Waals surface area (Å²) >= 11 is 0. The van der Waals surface area contributed by atoms with Crippen molar-refractivity contribution in [2.45, 2.75) is 45.1 Å². The summed E-state index contributed by atoms with van der Waals surface area (Å²) in [6, 6.07) is 4.99. The minimum absolute atomic E-state index is 0. The van der Waals surface area contributed by atoms with Gasteiger partial charge in [0.05, 0.1) is 0 Å². The maximum atomic E-state index is 10.9. The van der Waals surface area contributed by atoms with E-state index in [1.54, 1.807) is 12.1 Å². The smallest absolute Gasteiger partial charge is 0.308 e. The quantitative estimate of drug-likeness (QED) is 0.663. The summed E-state index contributed by atoms with van der Waals surface area (Å²) < 4.78 is 4.90. The number of carbonyl (C=O) groups excluding carboxylic acids is 1. The van der Waals surface area contributed by atoms with Crippen LogP contribution in [0.1, 0.15) is 50.6 Å². The number of hydrogen-bond donors (Lipinski definition) is 2. The first-order valence-corrected chi connectivity index (χ1v) is 6.85. The van der Waals surface area contributed by atoms with Crippen LogP contribution in [0, 0.1) is 5.92 Å². The number of ether oxygens (including phenoxy) is 1. The molecular formula is C15H22ClNO3. The Kier molecular flexibility index (Phi) is 6.30. The molecule has 0 unspecified atom stereocenters. The maximum Gasteiger partial charge on any atom is 0.308 e. The Morgan fingerprint density at radius 2 is 2.00 bits per heavy atom. The predicted molar refractivity (Wildman–Crippen MR) is 80.2 cm³/mol. The Balaban J connectivity index is 0.00000200. The van der Waals surface area contributed by atoms with Gasteiger partial charge in [0, 0.05) is 13.0 Å². The summed E-state index contributed by atoms with van der Waals surface area (Å²) in [5.74, 6) is 0.193. The fourth-order valence-corrected chi connectivity index (χ4v) is 2.75. The van der Waals surface area contributed by atoms with Gasteiger partial charge < -0.3 is 15.6 Å². The van der Waals surface area contributed by atoms with E-state index in [1.165, 1.54) is 26.2 Å². The normalized spacial score (nSPS) is 17.1. The molecule has 0 amide bonds. The second kappa shape index (κ2) is 7.50. The first kappa shape index (κ1) is 16.8. The lowest BCUT2D eigenvalue weighted by Gasteiger charge is -2.27. The van der Waals surface area contributed by atoms with Crippen molar-refractivity contribution < 1.29 is 14.6 Å². The van der Waals surface area contributed by atoms with Crippen molar-refractivity contribution in [3.05, 3.63) is 23.8 Å². The predicted octanol–water partition coefficient (Wildman–Crippen LogP) is 3.32. The zero-order valence-corrected chi connectivity index (χ0v) is 12.5. The lowest BCUT2D eigenvalue weighted by molar-refractivity contribution is -0.132. The first-order chi connectivity index (χ1) is 9.08. The molecule has 4 nitrogen and oxygen atoms in total. The molecule has 0 aliphatic heterocycles. The van der Waals surface area contributed by atoms with E-state index in [1.807, 2.05) is 6.07 Å². The summed E-state index contributed by atoms with van der Waals surface area (Å²) in [5.41, 5.74) is 7.17. The van der Waals surface area contributed by atoms with Gasteiger partial charge in [0.1, 0.15) is 0 Å². The average molecular weight is 300 g/mol. The van der Waals surface area contributed by atoms with Crippen LogP contribution < -0.4 is 10.5 Å². The van der Waals surface area contributed by atoms with Crippen molar-refractivity contribution in [3.63, 3.8) is 0 Å². The molecule has 1 aliphatic rings. The molecule has 20 heavy (non-hydrogen) atoms. The van der Waals surface area contributed by atoms with Crippen LogP contribution in [0.4, 0.5) is 0 Å². The van der Waals surface area contributed by atoms with Crippen molar-refractivity contribution in [2.24, 2.45) is 11.7 Å². The Morgan fingerprint density at radius 3 is 2.55 bits per heavy atom. The van der Waals surface area contributed by atoms with E-state index < -0.39 is 5.97 Å². The first-order valence-electron chi connectivity index (χ1n) is 6.85. The van der Waals surface area contributed by atoms with Crippen LogP contribution in [0.25, 0.3) is 0 Å². The van der Waals surface area contributed by atoms with Gasteiger partial charge in [-0.25, -0.2) is 0 Å². The van der Waals surface area contributed by atoms with E-state index >= 15 is 0 Å². The number of halogens is 1. The molecule has 0 saturated heterocycles. The van der Waals surface area contributed by atoms with Crippen molar-refractivity contribution in [1.82, 2.24) is 0 Å². The summed E-state index contributed by atoms with van der Waals surface area (Å²) in [7, 11) is 0. The average Bonchev–Trinajstić information content (AvgIpc) is 2.41. The third-order valence-electron chi connectivity index (χ3n) is 3.78. The van der Waals surface area contributed by atoms with Crippen molar-refractivity contribution in [2.75, 3.05) is 0 Å². The number of aromatic hydroxyl groups is 1. The van der Waals surface area contributed by atoms with Crippen LogP contribution in [0.2, 0.25) is 0 Å². The minimum atomic E-state index is -0.445. The molecule has 1 aromatic rings. The molecular weight excluding hydrogens is 278 g/mol. The number of hydrogen-bond acceptors (Lipinski definition) is 4. The zero-order valence-electron chi connectivity index (χ0n) is 11.7. The highest BCUT2D eigenvalue weighted by Crippen LogP contribution is 2.36. The molecule has 0 radical (unpaired) electrons. The molecule has 0 aromatic heterocycles. The van der Waals surface area contributed by atoms with Crippen molar-refractivity contribution in [3.8, 4) is 11.5 Å². The SMILES string of the molecule is CC(=O)Oc1ccc([C@H](N)C2CCCCC2)cc1O.Cl. The molecule has 1 aromatic carbocycles. The van der Waals surface area contributed by atoms with Gasteiger partial charge in [0.2, 0.25) is 0 Å². The Morgan fingerprint density at radius 1 is 1.35 bits per heavy atom. The molecule has 2 rings (SSSR count). The number of esters is 1. The van der Waals surface area contributed by atoms with Crippen LogP contribution in [0.5, 0.6) is 11.5 Å². The van der Waals surface area contributed by atoms with Crippen molar-refractivity contribution in [1.29, 1.82) is 0 Å². The van der Waals surface area contributed by atoms with Gasteiger partial charge in [0.25, 0.3) is 0 Å². The fourth-order valence-electron chi connectivity index (χ4n) is 2.75. The Labute approximate surface area is 125 Å². The summed E-state index contributed by atoms with van der Waals surface area (Å²) in [5, 5.41) is 9.85. The number of phenolic OH excluding ortho intramolecular Hbond substituents is 1. The number of nitrogens with two attached hydrogens (primary N) is 1. The third kappa shape index (κ3) is 4.12. The Hall–Kier alpha value is -1.26. The standard InChI is InChI=1S/C15H21NO3.ClH/c1-10(17)19-14-8-7-12(9-13(14)18)15(16)11-5-3-2-4-6-11;/h7-9,11,15,18H,2-6,16H2,1H3;1H/t15-;/m1./s1. The second-order valence-corrected chi connectivity index (χ2v) is 5.24. The Bertz CT molecular complexity index is 458. The molecule has 0 spiro atoms. The van der Waals surface area contributed by atoms with Gasteiger partial charge in [-0.2, -0.15) is 0 Å². The second-order valence-electron chi connectivity index (χ2n) is 5.24. The summed E-state index contributed by atoms with van der Waals surface area (Å²) in [4.78, 5) is 10.9. The van der Waals surface area contributed by atoms with E-state index in [0.717, 1.165) is 18.4 Å². The molecule has 1 aliphatic carbocycles. The molecule has 0 bridgehead atoms. The van der Waals surface area contributed by atoms with Gasteiger partial charge in [0.15, 0.2) is 11.5 Å². The lowest BCUT2D eigenvalue weighted by atomic mass is 9.81. The highest BCUT2D eigenvalue weighted by Gasteiger charge is 2.22. The summed E-state index contributed by atoms with van der Waals surface area (Å²) in [6.07, 6.45) is 6.05. The number of phenols is 1. The molecule has 112 valence electrons. The van der Waals surface area contributed by atoms with Crippen molar-refractivity contribution >= 4 is 18.4 Å². The minimum Gasteiger partial charge on any atom is -0.504 e. The topological polar surface area (TPSA) is 72.5 Å². The van der Waals surface area contributed by atoms with Crippen LogP contribution in [0.15, 0.2) is 18.2 Å². The summed E-state index contributed by atoms with van der Waals surface area (Å²) in [6.45, 7) is 1.31.